The number of hydrogen-bond acceptors (Lipinski definition) is 12. The summed E-state index contributed by atoms with van der Waals surface area (Å²) in [7, 11) is 0. The Balaban J connectivity index is -0.000000204. The third-order valence-electron chi connectivity index (χ3n) is 7.14. The van der Waals surface area contributed by atoms with Crippen molar-refractivity contribution in [2.45, 2.75) is 104 Å². The predicted octanol–water partition coefficient (Wildman–Crippen LogP) is 6.65. The first kappa shape index (κ1) is 78.9. The van der Waals surface area contributed by atoms with Gasteiger partial charge in [0, 0.05) is 88.1 Å². The van der Waals surface area contributed by atoms with E-state index in [9.17, 15) is 29.4 Å². The monoisotopic (exact) mass is 1250 g/mol. The molecule has 4 aromatic heterocycles. The number of halogens is 10. The van der Waals surface area contributed by atoms with Crippen molar-refractivity contribution >= 4 is 140 Å². The van der Waals surface area contributed by atoms with Gasteiger partial charge in [0.2, 0.25) is 11.8 Å². The molecule has 4 amide bonds. The number of allylic oxidation sites excluding steroid dienone is 2. The molecule has 0 saturated carbocycles. The van der Waals surface area contributed by atoms with Crippen molar-refractivity contribution in [3.8, 4) is 0 Å². The van der Waals surface area contributed by atoms with Crippen LogP contribution in [0.4, 0.5) is 9.59 Å². The molecule has 74 heavy (non-hydrogen) atoms. The number of pyridine rings is 4. The number of aromatic nitrogens is 4. The quantitative estimate of drug-likeness (QED) is 0.0380. The van der Waals surface area contributed by atoms with Gasteiger partial charge in [-0.1, -0.05) is 105 Å². The van der Waals surface area contributed by atoms with Crippen LogP contribution in [0.3, 0.4) is 0 Å². The number of carbonyl (C=O) groups excluding carboxylic acids is 4. The van der Waals surface area contributed by atoms with E-state index >= 15 is 0 Å². The maximum absolute atomic E-state index is 11.4. The third kappa shape index (κ3) is 43.4. The van der Waals surface area contributed by atoms with Gasteiger partial charge in [0.15, 0.2) is 0 Å². The van der Waals surface area contributed by atoms with E-state index in [0.717, 1.165) is 35.1 Å². The molecule has 4 heterocycles. The fraction of sp³-hybridized carbons (Fsp3) is 0.391. The van der Waals surface area contributed by atoms with Crippen molar-refractivity contribution < 1.29 is 101 Å². The Morgan fingerprint density at radius 3 is 0.986 bits per heavy atom. The Morgan fingerprint density at radius 2 is 0.784 bits per heavy atom. The zero-order valence-corrected chi connectivity index (χ0v) is 54.1. The van der Waals surface area contributed by atoms with Gasteiger partial charge in [-0.2, -0.15) is 0 Å². The molecule has 0 aliphatic heterocycles. The number of ether oxygens (including phenoxy) is 2. The second-order valence-electron chi connectivity index (χ2n) is 16.2. The number of aliphatic hydroxyl groups excluding tert-OH is 2. The molecule has 0 saturated heterocycles. The smallest absolute Gasteiger partial charge is 1.00 e. The molecule has 0 aliphatic rings. The van der Waals surface area contributed by atoms with E-state index in [1.165, 1.54) is 26.2 Å². The van der Waals surface area contributed by atoms with Gasteiger partial charge in [-0.25, -0.2) is 29.5 Å². The Labute approximate surface area is 530 Å². The van der Waals surface area contributed by atoms with E-state index in [4.69, 9.17) is 126 Å². The summed E-state index contributed by atoms with van der Waals surface area (Å²) in [6, 6.07) is 6.85. The van der Waals surface area contributed by atoms with E-state index in [2.05, 4.69) is 43.7 Å². The minimum Gasteiger partial charge on any atom is -1.00 e. The van der Waals surface area contributed by atoms with Gasteiger partial charge in [-0.15, -0.1) is 13.2 Å². The zero-order chi connectivity index (χ0) is 55.8. The maximum Gasteiger partial charge on any atom is 1.00 e. The number of alkyl carbamates (subject to hydrolysis) is 2. The number of nitrogens with one attached hydrogen (secondary N) is 4. The van der Waals surface area contributed by atoms with Crippen LogP contribution in [0.15, 0.2) is 74.4 Å². The summed E-state index contributed by atoms with van der Waals surface area (Å²) in [6.07, 6.45) is 9.52. The number of rotatable bonds is 12. The predicted molar refractivity (Wildman–Crippen MR) is 294 cm³/mol. The number of carbonyl (C=O) groups is 4. The number of amides is 4. The van der Waals surface area contributed by atoms with Crippen LogP contribution in [-0.2, 0) is 44.7 Å². The van der Waals surface area contributed by atoms with Gasteiger partial charge < -0.3 is 33.2 Å². The van der Waals surface area contributed by atoms with Gasteiger partial charge in [-0.05, 0) is 101 Å². The topological polar surface area (TPSA) is 227 Å². The first-order valence-electron chi connectivity index (χ1n) is 20.8. The average molecular weight is 1250 g/mol. The molecule has 0 fully saturated rings. The summed E-state index contributed by atoms with van der Waals surface area (Å²) in [5, 5.41) is 27.4. The summed E-state index contributed by atoms with van der Waals surface area (Å²) in [5.74, 6) is -0.460. The van der Waals surface area contributed by atoms with E-state index in [-0.39, 0.29) is 97.2 Å². The first-order valence-corrected chi connectivity index (χ1v) is 24.6. The summed E-state index contributed by atoms with van der Waals surface area (Å²) >= 11 is 55.2. The molecule has 0 unspecified atom stereocenters. The molecule has 404 valence electrons. The Hall–Kier alpha value is -1.62. The van der Waals surface area contributed by atoms with Crippen molar-refractivity contribution in [1.82, 2.24) is 40.2 Å². The van der Waals surface area contributed by atoms with Crippen molar-refractivity contribution in [2.75, 3.05) is 13.1 Å². The van der Waals surface area contributed by atoms with Crippen molar-refractivity contribution in [3.63, 3.8) is 0 Å². The standard InChI is InChI=1S/2C13H18Cl2N2O3.2C8H7Cl2N.2C2H4ClNO.2Na.2H/c2*1-13(2,3)20-12(19)17-7-9(18)4-8-5-10(14)11(15)16-6-8;2*1-2-3-6-4-7(9)8(10)11-5-6;2*1-2(5)4-3;;;;/h2*5-6,9,18H,4,7H2,1-3H3,(H,17,19);2*2,4-5H,1,3H2;2*1H3,(H,4,5);;;;/q;;;;;;2*+1;2*-1/t2*9-;;;;;;;;/m10......../s1. The van der Waals surface area contributed by atoms with Crippen LogP contribution in [0.1, 0.15) is 80.5 Å². The second-order valence-corrected chi connectivity index (χ2v) is 19.7. The number of hydrogen-bond donors (Lipinski definition) is 6. The zero-order valence-electron chi connectivity index (χ0n) is 44.5. The molecule has 0 spiro atoms. The van der Waals surface area contributed by atoms with Crippen LogP contribution in [0, 0.1) is 0 Å². The van der Waals surface area contributed by atoms with Crippen molar-refractivity contribution in [1.29, 1.82) is 0 Å². The van der Waals surface area contributed by atoms with Gasteiger partial charge in [-0.3, -0.25) is 19.3 Å². The minimum absolute atomic E-state index is 0. The van der Waals surface area contributed by atoms with Crippen LogP contribution >= 0.6 is 116 Å². The molecule has 4 aromatic rings. The molecule has 4 rings (SSSR count). The summed E-state index contributed by atoms with van der Waals surface area (Å²) in [6.45, 7) is 20.7. The Morgan fingerprint density at radius 1 is 0.554 bits per heavy atom. The third-order valence-corrected chi connectivity index (χ3v) is 10.4. The molecular weight excluding hydrogens is 1190 g/mol. The number of nitrogens with zero attached hydrogens (tertiary/aromatic N) is 4. The molecule has 16 nitrogen and oxygen atoms in total. The molecule has 2 atom stereocenters. The van der Waals surface area contributed by atoms with Crippen LogP contribution in [-0.4, -0.2) is 90.6 Å². The van der Waals surface area contributed by atoms with Crippen LogP contribution in [0.2, 0.25) is 40.7 Å². The minimum atomic E-state index is -0.762. The van der Waals surface area contributed by atoms with Crippen LogP contribution < -0.4 is 79.4 Å². The van der Waals surface area contributed by atoms with E-state index < -0.39 is 35.6 Å². The van der Waals surface area contributed by atoms with E-state index in [1.807, 2.05) is 9.67 Å². The fourth-order valence-corrected chi connectivity index (χ4v) is 5.51. The second kappa shape index (κ2) is 43.3. The fourth-order valence-electron chi connectivity index (χ4n) is 4.34. The molecule has 0 aromatic carbocycles. The summed E-state index contributed by atoms with van der Waals surface area (Å²) in [5.41, 5.74) is 2.38. The van der Waals surface area contributed by atoms with Crippen molar-refractivity contribution in [2.24, 2.45) is 0 Å². The molecule has 28 heteroatoms. The summed E-state index contributed by atoms with van der Waals surface area (Å²) in [4.78, 5) is 61.2. The molecule has 0 aliphatic carbocycles. The normalized spacial score (nSPS) is 10.8. The molecule has 6 N–H and O–H groups in total. The van der Waals surface area contributed by atoms with Gasteiger partial charge in [0.1, 0.15) is 31.8 Å². The van der Waals surface area contributed by atoms with Gasteiger partial charge in [0.05, 0.1) is 32.3 Å². The largest absolute Gasteiger partial charge is 1.00 e. The van der Waals surface area contributed by atoms with Gasteiger partial charge in [0.25, 0.3) is 0 Å². The van der Waals surface area contributed by atoms with Crippen molar-refractivity contribution in [3.05, 3.63) is 137 Å². The first-order chi connectivity index (χ1) is 33.4. The van der Waals surface area contributed by atoms with E-state index in [1.54, 1.807) is 90.4 Å². The SMILES string of the molecule is C=CCc1cnc(Cl)c(Cl)c1.C=CCc1cnc(Cl)c(Cl)c1.CC(=O)NCl.CC(=O)NCl.CC(C)(C)OC(=O)NC[C@@H](O)Cc1cnc(Cl)c(Cl)c1.CC(C)(C)OC(=O)NC[C@H](O)Cc1cnc(Cl)c(Cl)c1.[H-].[H-].[Na+].[Na+]. The average Bonchev–Trinajstić information content (AvgIpc) is 3.27. The summed E-state index contributed by atoms with van der Waals surface area (Å²) < 4.78 is 10.1. The molecule has 0 radical (unpaired) electrons. The van der Waals surface area contributed by atoms with Crippen LogP contribution in [0.25, 0.3) is 0 Å². The maximum atomic E-state index is 11.4. The van der Waals surface area contributed by atoms with Gasteiger partial charge >= 0.3 is 71.3 Å². The van der Waals surface area contributed by atoms with E-state index in [0.29, 0.717) is 43.2 Å². The molecule has 0 bridgehead atoms. The Kier molecular flexibility index (Phi) is 46.1. The van der Waals surface area contributed by atoms with Crippen LogP contribution in [0.5, 0.6) is 0 Å². The molecular formula is C46H60Cl10N8Na2O8. The Bertz CT molecular complexity index is 2190. The number of aliphatic hydroxyl groups is 2.